The fourth-order valence-corrected chi connectivity index (χ4v) is 3.41. The maximum Gasteiger partial charge on any atom is 0.407 e. The highest BCUT2D eigenvalue weighted by molar-refractivity contribution is 5.86. The summed E-state index contributed by atoms with van der Waals surface area (Å²) in [6, 6.07) is 1.91. The smallest absolute Gasteiger partial charge is 0.407 e. The average molecular weight is 400 g/mol. The van der Waals surface area contributed by atoms with Crippen molar-refractivity contribution in [1.82, 2.24) is 25.5 Å². The monoisotopic (exact) mass is 400 g/mol. The second-order valence-electron chi connectivity index (χ2n) is 7.83. The molecule has 0 unspecified atom stereocenters. The summed E-state index contributed by atoms with van der Waals surface area (Å²) in [6.07, 6.45) is 6.91. The summed E-state index contributed by atoms with van der Waals surface area (Å²) in [6.45, 7) is 2.03. The van der Waals surface area contributed by atoms with Gasteiger partial charge < -0.3 is 20.1 Å². The lowest BCUT2D eigenvalue weighted by atomic mass is 10.0. The van der Waals surface area contributed by atoms with Crippen LogP contribution >= 0.6 is 0 Å². The summed E-state index contributed by atoms with van der Waals surface area (Å²) in [5.74, 6) is 0.779. The van der Waals surface area contributed by atoms with Crippen molar-refractivity contribution in [2.75, 3.05) is 12.4 Å². The molecule has 2 fully saturated rings. The number of nitrogens with zero attached hydrogens (tertiary/aromatic N) is 3. The molecule has 4 rings (SSSR count). The number of hydrogen-bond acceptors (Lipinski definition) is 8. The number of alkyl carbamates (subject to hydrolysis) is 1. The van der Waals surface area contributed by atoms with E-state index in [1.54, 1.807) is 0 Å². The van der Waals surface area contributed by atoms with Crippen LogP contribution in [0.5, 0.6) is 0 Å². The summed E-state index contributed by atoms with van der Waals surface area (Å²) < 4.78 is 10.2. The minimum Gasteiger partial charge on any atom is -0.464 e. The first-order valence-corrected chi connectivity index (χ1v) is 9.65. The molecule has 10 heteroatoms. The van der Waals surface area contributed by atoms with E-state index in [9.17, 15) is 9.59 Å². The van der Waals surface area contributed by atoms with Crippen molar-refractivity contribution >= 4 is 23.7 Å². The van der Waals surface area contributed by atoms with Crippen LogP contribution in [-0.4, -0.2) is 51.0 Å². The number of amides is 1. The first kappa shape index (κ1) is 19.2. The molecule has 2 saturated carbocycles. The average Bonchev–Trinajstić information content (AvgIpc) is 3.10. The van der Waals surface area contributed by atoms with Crippen LogP contribution in [0.3, 0.4) is 0 Å². The molecule has 0 bridgehead atoms. The van der Waals surface area contributed by atoms with Gasteiger partial charge in [-0.3, -0.25) is 5.10 Å². The Bertz CT molecular complexity index is 892. The number of anilines is 2. The van der Waals surface area contributed by atoms with Crippen molar-refractivity contribution in [1.29, 1.82) is 0 Å². The lowest BCUT2D eigenvalue weighted by Gasteiger charge is -2.16. The van der Waals surface area contributed by atoms with Gasteiger partial charge >= 0.3 is 12.1 Å². The van der Waals surface area contributed by atoms with Gasteiger partial charge in [-0.2, -0.15) is 5.10 Å². The lowest BCUT2D eigenvalue weighted by Crippen LogP contribution is -2.36. The summed E-state index contributed by atoms with van der Waals surface area (Å²) in [7, 11) is 1.29. The Morgan fingerprint density at radius 1 is 1.21 bits per heavy atom. The molecule has 2 aromatic rings. The Kier molecular flexibility index (Phi) is 5.08. The number of ether oxygens (including phenoxy) is 2. The van der Waals surface area contributed by atoms with Crippen molar-refractivity contribution in [3.8, 4) is 0 Å². The third-order valence-corrected chi connectivity index (χ3v) is 5.40. The molecule has 10 nitrogen and oxygen atoms in total. The van der Waals surface area contributed by atoms with Crippen LogP contribution in [-0.2, 0) is 9.47 Å². The van der Waals surface area contributed by atoms with Crippen LogP contribution in [0.15, 0.2) is 18.5 Å². The van der Waals surface area contributed by atoms with Gasteiger partial charge in [0.15, 0.2) is 11.5 Å². The predicted molar refractivity (Wildman–Crippen MR) is 103 cm³/mol. The van der Waals surface area contributed by atoms with Crippen molar-refractivity contribution in [2.24, 2.45) is 0 Å². The minimum atomic E-state index is -0.538. The molecule has 154 valence electrons. The van der Waals surface area contributed by atoms with Gasteiger partial charge in [-0.15, -0.1) is 0 Å². The molecule has 2 atom stereocenters. The molecule has 0 radical (unpaired) electrons. The second-order valence-corrected chi connectivity index (χ2v) is 7.83. The Balaban J connectivity index is 1.30. The molecule has 1 amide bonds. The van der Waals surface area contributed by atoms with E-state index in [2.05, 4.69) is 35.5 Å². The van der Waals surface area contributed by atoms with Crippen LogP contribution < -0.4 is 10.6 Å². The van der Waals surface area contributed by atoms with Gasteiger partial charge in [0, 0.05) is 23.2 Å². The zero-order valence-corrected chi connectivity index (χ0v) is 16.4. The third kappa shape index (κ3) is 4.64. The van der Waals surface area contributed by atoms with Crippen molar-refractivity contribution in [2.45, 2.75) is 56.6 Å². The molecular formula is C19H24N6O4. The zero-order chi connectivity index (χ0) is 20.4. The second kappa shape index (κ2) is 7.69. The first-order valence-electron chi connectivity index (χ1n) is 9.65. The number of carbonyl (C=O) groups is 2. The van der Waals surface area contributed by atoms with E-state index in [1.165, 1.54) is 19.5 Å². The molecular weight excluding hydrogens is 376 g/mol. The first-order chi connectivity index (χ1) is 13.9. The van der Waals surface area contributed by atoms with Crippen molar-refractivity contribution < 1.29 is 19.1 Å². The largest absolute Gasteiger partial charge is 0.464 e. The van der Waals surface area contributed by atoms with Gasteiger partial charge in [0.1, 0.15) is 11.9 Å². The maximum atomic E-state index is 12.0. The maximum absolute atomic E-state index is 12.0. The molecule has 2 aromatic heterocycles. The standard InChI is InChI=1S/C19H24N6O4/c1-19(5-6-19)23-18(27)29-12-4-3-11(7-12)13-8-15(25-24-13)22-16-10-20-14(9-21-16)17(26)28-2/h8-12H,3-7H2,1-2H3,(H,23,27)(H2,21,22,24,25)/t11-,12+/m0/s1. The normalized spacial score (nSPS) is 22.0. The number of rotatable bonds is 6. The van der Waals surface area contributed by atoms with Gasteiger partial charge in [0.2, 0.25) is 0 Å². The molecule has 0 spiro atoms. The van der Waals surface area contributed by atoms with E-state index in [0.717, 1.165) is 37.8 Å². The molecule has 29 heavy (non-hydrogen) atoms. The van der Waals surface area contributed by atoms with Crippen LogP contribution in [0, 0.1) is 0 Å². The predicted octanol–water partition coefficient (Wildman–Crippen LogP) is 2.64. The molecule has 3 N–H and O–H groups in total. The number of aromatic amines is 1. The SMILES string of the molecule is COC(=O)c1cnc(Nc2cc([C@H]3CC[C@@H](OC(=O)NC4(C)CC4)C3)[nH]n2)cn1. The highest BCUT2D eigenvalue weighted by Gasteiger charge is 2.40. The van der Waals surface area contributed by atoms with Gasteiger partial charge in [0.25, 0.3) is 0 Å². The van der Waals surface area contributed by atoms with Crippen molar-refractivity contribution in [3.05, 3.63) is 29.8 Å². The van der Waals surface area contributed by atoms with Gasteiger partial charge in [-0.25, -0.2) is 19.6 Å². The number of H-pyrrole nitrogens is 1. The van der Waals surface area contributed by atoms with E-state index in [0.29, 0.717) is 11.6 Å². The molecule has 2 aliphatic rings. The van der Waals surface area contributed by atoms with Crippen LogP contribution in [0.4, 0.5) is 16.4 Å². The molecule has 0 aromatic carbocycles. The van der Waals surface area contributed by atoms with Gasteiger partial charge in [0.05, 0.1) is 19.5 Å². The number of esters is 1. The quantitative estimate of drug-likeness (QED) is 0.631. The number of hydrogen-bond donors (Lipinski definition) is 3. The number of nitrogens with one attached hydrogen (secondary N) is 3. The Morgan fingerprint density at radius 2 is 2.03 bits per heavy atom. The van der Waals surface area contributed by atoms with E-state index in [4.69, 9.17) is 4.74 Å². The minimum absolute atomic E-state index is 0.0724. The molecule has 0 saturated heterocycles. The summed E-state index contributed by atoms with van der Waals surface area (Å²) in [5.41, 5.74) is 1.04. The Labute approximate surface area is 167 Å². The van der Waals surface area contributed by atoms with Crippen LogP contribution in [0.25, 0.3) is 0 Å². The third-order valence-electron chi connectivity index (χ3n) is 5.40. The topological polar surface area (TPSA) is 131 Å². The fraction of sp³-hybridized carbons (Fsp3) is 0.526. The summed E-state index contributed by atoms with van der Waals surface area (Å²) in [4.78, 5) is 31.5. The Hall–Kier alpha value is -3.17. The Morgan fingerprint density at radius 3 is 2.72 bits per heavy atom. The van der Waals surface area contributed by atoms with E-state index >= 15 is 0 Å². The lowest BCUT2D eigenvalue weighted by molar-refractivity contribution is 0.0593. The number of methoxy groups -OCH3 is 1. The highest BCUT2D eigenvalue weighted by atomic mass is 16.6. The van der Waals surface area contributed by atoms with E-state index in [-0.39, 0.29) is 29.3 Å². The summed E-state index contributed by atoms with van der Waals surface area (Å²) in [5, 5.41) is 13.3. The molecule has 2 heterocycles. The molecule has 0 aliphatic heterocycles. The highest BCUT2D eigenvalue weighted by Crippen LogP contribution is 2.37. The van der Waals surface area contributed by atoms with E-state index in [1.807, 2.05) is 13.0 Å². The van der Waals surface area contributed by atoms with E-state index < -0.39 is 5.97 Å². The van der Waals surface area contributed by atoms with Crippen molar-refractivity contribution in [3.63, 3.8) is 0 Å². The number of aromatic nitrogens is 4. The number of carbonyl (C=O) groups excluding carboxylic acids is 2. The summed E-state index contributed by atoms with van der Waals surface area (Å²) >= 11 is 0. The molecule has 2 aliphatic carbocycles. The van der Waals surface area contributed by atoms with Crippen LogP contribution in [0.2, 0.25) is 0 Å². The fourth-order valence-electron chi connectivity index (χ4n) is 3.41. The van der Waals surface area contributed by atoms with Gasteiger partial charge in [-0.1, -0.05) is 0 Å². The van der Waals surface area contributed by atoms with Gasteiger partial charge in [-0.05, 0) is 39.0 Å². The zero-order valence-electron chi connectivity index (χ0n) is 16.4. The van der Waals surface area contributed by atoms with Crippen LogP contribution in [0.1, 0.15) is 61.1 Å².